The van der Waals surface area contributed by atoms with E-state index in [1.807, 2.05) is 13.8 Å². The van der Waals surface area contributed by atoms with E-state index in [2.05, 4.69) is 24.3 Å². The summed E-state index contributed by atoms with van der Waals surface area (Å²) >= 11 is 0. The molecule has 0 amide bonds. The average Bonchev–Trinajstić information content (AvgIpc) is 2.29. The summed E-state index contributed by atoms with van der Waals surface area (Å²) in [5.74, 6) is -0.139. The first-order chi connectivity index (χ1) is 8.10. The van der Waals surface area contributed by atoms with Gasteiger partial charge in [0, 0.05) is 12.1 Å². The Morgan fingerprint density at radius 1 is 1.35 bits per heavy atom. The molecule has 4 nitrogen and oxygen atoms in total. The van der Waals surface area contributed by atoms with Crippen molar-refractivity contribution in [2.75, 3.05) is 6.61 Å². The molecule has 0 aromatic carbocycles. The molecule has 0 bridgehead atoms. The van der Waals surface area contributed by atoms with Crippen LogP contribution in [-0.4, -0.2) is 35.7 Å². The summed E-state index contributed by atoms with van der Waals surface area (Å²) in [5, 5.41) is 2.23. The van der Waals surface area contributed by atoms with Gasteiger partial charge in [0.1, 0.15) is 6.04 Å². The number of esters is 1. The zero-order chi connectivity index (χ0) is 12.8. The van der Waals surface area contributed by atoms with Gasteiger partial charge in [-0.05, 0) is 40.0 Å². The highest BCUT2D eigenvalue weighted by Gasteiger charge is 2.28. The summed E-state index contributed by atoms with van der Waals surface area (Å²) in [6.07, 6.45) is 4.42. The topological polar surface area (TPSA) is 41.6 Å². The number of rotatable bonds is 5. The predicted octanol–water partition coefficient (Wildman–Crippen LogP) is 2.10. The summed E-state index contributed by atoms with van der Waals surface area (Å²) in [7, 11) is 0. The Labute approximate surface area is 105 Å². The highest BCUT2D eigenvalue weighted by molar-refractivity contribution is 5.75. The van der Waals surface area contributed by atoms with E-state index in [0.29, 0.717) is 18.7 Å². The van der Waals surface area contributed by atoms with E-state index in [1.54, 1.807) is 0 Å². The van der Waals surface area contributed by atoms with Crippen molar-refractivity contribution >= 4 is 5.97 Å². The summed E-state index contributed by atoms with van der Waals surface area (Å²) in [6.45, 7) is 8.72. The maximum atomic E-state index is 11.7. The van der Waals surface area contributed by atoms with Gasteiger partial charge in [-0.3, -0.25) is 4.79 Å². The van der Waals surface area contributed by atoms with E-state index in [1.165, 1.54) is 19.3 Å². The maximum absolute atomic E-state index is 11.7. The molecular formula is C13H26N2O2. The van der Waals surface area contributed by atoms with Gasteiger partial charge in [-0.1, -0.05) is 13.3 Å². The SMILES string of the molecule is CCOC(=O)C(CC)NN1C(C)CCCC1C. The van der Waals surface area contributed by atoms with Crippen molar-refractivity contribution in [3.8, 4) is 0 Å². The minimum Gasteiger partial charge on any atom is -0.465 e. The second-order valence-corrected chi connectivity index (χ2v) is 4.88. The van der Waals surface area contributed by atoms with Crippen molar-refractivity contribution in [1.82, 2.24) is 10.4 Å². The fraction of sp³-hybridized carbons (Fsp3) is 0.923. The Hall–Kier alpha value is -0.610. The summed E-state index contributed by atoms with van der Waals surface area (Å²) in [5.41, 5.74) is 3.35. The lowest BCUT2D eigenvalue weighted by molar-refractivity contribution is -0.148. The molecule has 1 aliphatic rings. The third-order valence-electron chi connectivity index (χ3n) is 3.48. The lowest BCUT2D eigenvalue weighted by atomic mass is 9.99. The van der Waals surface area contributed by atoms with Crippen molar-refractivity contribution in [1.29, 1.82) is 0 Å². The largest absolute Gasteiger partial charge is 0.465 e. The predicted molar refractivity (Wildman–Crippen MR) is 68.5 cm³/mol. The fourth-order valence-corrected chi connectivity index (χ4v) is 2.41. The van der Waals surface area contributed by atoms with Crippen molar-refractivity contribution < 1.29 is 9.53 Å². The van der Waals surface area contributed by atoms with Crippen molar-refractivity contribution in [3.63, 3.8) is 0 Å². The molecule has 1 aliphatic heterocycles. The standard InChI is InChI=1S/C13H26N2O2/c1-5-12(13(16)17-6-2)14-15-10(3)8-7-9-11(15)4/h10-12,14H,5-9H2,1-4H3. The highest BCUT2D eigenvalue weighted by Crippen LogP contribution is 2.20. The third-order valence-corrected chi connectivity index (χ3v) is 3.48. The van der Waals surface area contributed by atoms with Crippen LogP contribution in [0.1, 0.15) is 53.4 Å². The van der Waals surface area contributed by atoms with E-state index < -0.39 is 0 Å². The minimum absolute atomic E-state index is 0.139. The van der Waals surface area contributed by atoms with Gasteiger partial charge in [-0.15, -0.1) is 0 Å². The monoisotopic (exact) mass is 242 g/mol. The lowest BCUT2D eigenvalue weighted by Gasteiger charge is -2.40. The number of carbonyl (C=O) groups excluding carboxylic acids is 1. The van der Waals surface area contributed by atoms with Crippen LogP contribution in [0, 0.1) is 0 Å². The number of nitrogens with one attached hydrogen (secondary N) is 1. The van der Waals surface area contributed by atoms with Gasteiger partial charge in [0.15, 0.2) is 0 Å². The van der Waals surface area contributed by atoms with Crippen LogP contribution in [0.3, 0.4) is 0 Å². The molecule has 3 atom stereocenters. The van der Waals surface area contributed by atoms with E-state index in [0.717, 1.165) is 6.42 Å². The Morgan fingerprint density at radius 2 is 1.94 bits per heavy atom. The number of piperidine rings is 1. The quantitative estimate of drug-likeness (QED) is 0.750. The van der Waals surface area contributed by atoms with Gasteiger partial charge in [0.2, 0.25) is 0 Å². The Morgan fingerprint density at radius 3 is 2.41 bits per heavy atom. The molecular weight excluding hydrogens is 216 g/mol. The lowest BCUT2D eigenvalue weighted by Crippen LogP contribution is -2.57. The molecule has 0 spiro atoms. The molecule has 100 valence electrons. The first-order valence-electron chi connectivity index (χ1n) is 6.81. The first-order valence-corrected chi connectivity index (χ1v) is 6.81. The van der Waals surface area contributed by atoms with Gasteiger partial charge in [0.05, 0.1) is 6.61 Å². The average molecular weight is 242 g/mol. The molecule has 0 aromatic rings. The molecule has 1 N–H and O–H groups in total. The van der Waals surface area contributed by atoms with Crippen LogP contribution in [0.25, 0.3) is 0 Å². The second kappa shape index (κ2) is 6.97. The smallest absolute Gasteiger partial charge is 0.324 e. The van der Waals surface area contributed by atoms with Gasteiger partial charge in [-0.25, -0.2) is 10.4 Å². The number of carbonyl (C=O) groups is 1. The molecule has 0 aliphatic carbocycles. The number of hydrazine groups is 1. The van der Waals surface area contributed by atoms with Crippen LogP contribution in [0.5, 0.6) is 0 Å². The fourth-order valence-electron chi connectivity index (χ4n) is 2.41. The molecule has 0 aromatic heterocycles. The van der Waals surface area contributed by atoms with Crippen LogP contribution in [0.15, 0.2) is 0 Å². The second-order valence-electron chi connectivity index (χ2n) is 4.88. The third kappa shape index (κ3) is 3.96. The molecule has 1 fully saturated rings. The van der Waals surface area contributed by atoms with E-state index >= 15 is 0 Å². The van der Waals surface area contributed by atoms with Crippen molar-refractivity contribution in [2.45, 2.75) is 71.5 Å². The molecule has 17 heavy (non-hydrogen) atoms. The van der Waals surface area contributed by atoms with E-state index in [4.69, 9.17) is 4.74 Å². The highest BCUT2D eigenvalue weighted by atomic mass is 16.5. The normalized spacial score (nSPS) is 27.8. The Bertz CT molecular complexity index is 236. The first kappa shape index (κ1) is 14.5. The van der Waals surface area contributed by atoms with Crippen LogP contribution in [0.2, 0.25) is 0 Å². The number of hydrogen-bond acceptors (Lipinski definition) is 4. The summed E-state index contributed by atoms with van der Waals surface area (Å²) in [4.78, 5) is 11.7. The Balaban J connectivity index is 2.56. The zero-order valence-electron chi connectivity index (χ0n) is 11.5. The molecule has 0 saturated carbocycles. The number of ether oxygens (including phenoxy) is 1. The molecule has 1 rings (SSSR count). The zero-order valence-corrected chi connectivity index (χ0v) is 11.5. The minimum atomic E-state index is -0.210. The van der Waals surface area contributed by atoms with Gasteiger partial charge in [0.25, 0.3) is 0 Å². The summed E-state index contributed by atoms with van der Waals surface area (Å²) < 4.78 is 5.08. The van der Waals surface area contributed by atoms with Gasteiger partial charge < -0.3 is 4.74 Å². The van der Waals surface area contributed by atoms with E-state index in [-0.39, 0.29) is 12.0 Å². The van der Waals surface area contributed by atoms with Crippen LogP contribution in [-0.2, 0) is 9.53 Å². The molecule has 0 radical (unpaired) electrons. The molecule has 3 unspecified atom stereocenters. The maximum Gasteiger partial charge on any atom is 0.324 e. The van der Waals surface area contributed by atoms with Crippen molar-refractivity contribution in [3.05, 3.63) is 0 Å². The molecule has 1 heterocycles. The van der Waals surface area contributed by atoms with Crippen molar-refractivity contribution in [2.24, 2.45) is 0 Å². The van der Waals surface area contributed by atoms with Gasteiger partial charge in [-0.2, -0.15) is 0 Å². The van der Waals surface area contributed by atoms with Crippen LogP contribution in [0.4, 0.5) is 0 Å². The number of hydrogen-bond donors (Lipinski definition) is 1. The van der Waals surface area contributed by atoms with Crippen LogP contribution >= 0.6 is 0 Å². The van der Waals surface area contributed by atoms with Crippen LogP contribution < -0.4 is 5.43 Å². The molecule has 4 heteroatoms. The molecule has 1 saturated heterocycles. The Kier molecular flexibility index (Phi) is 5.92. The number of nitrogens with zero attached hydrogens (tertiary/aromatic N) is 1. The van der Waals surface area contributed by atoms with Gasteiger partial charge >= 0.3 is 5.97 Å². The summed E-state index contributed by atoms with van der Waals surface area (Å²) in [6, 6.07) is 0.766. The van der Waals surface area contributed by atoms with E-state index in [9.17, 15) is 4.79 Å².